The lowest BCUT2D eigenvalue weighted by molar-refractivity contribution is -0.384. The molecule has 0 unspecified atom stereocenters. The third kappa shape index (κ3) is 5.73. The number of carbonyl (C=O) groups is 2. The zero-order valence-corrected chi connectivity index (χ0v) is 16.6. The van der Waals surface area contributed by atoms with Crippen molar-refractivity contribution >= 4 is 34.9 Å². The lowest BCUT2D eigenvalue weighted by Gasteiger charge is -2.09. The third-order valence-corrected chi connectivity index (χ3v) is 4.35. The second-order valence-corrected chi connectivity index (χ2v) is 6.65. The molecule has 10 nitrogen and oxygen atoms in total. The number of hydrogen-bond acceptors (Lipinski definition) is 7. The number of esters is 1. The standard InChI is InChI=1S/C20H15ClN4O6/c21-15-7-6-14(25(29)30)10-17(15)22-18(26)12-31-20(28)16-8-9-19(27)24(23-16)11-13-4-2-1-3-5-13/h1-10H,11-12H2,(H,22,26). The number of anilines is 1. The average Bonchev–Trinajstić information content (AvgIpc) is 2.75. The quantitative estimate of drug-likeness (QED) is 0.337. The monoisotopic (exact) mass is 442 g/mol. The van der Waals surface area contributed by atoms with Crippen molar-refractivity contribution in [2.75, 3.05) is 11.9 Å². The van der Waals surface area contributed by atoms with E-state index in [0.717, 1.165) is 16.3 Å². The first-order valence-electron chi connectivity index (χ1n) is 8.86. The molecule has 2 aromatic carbocycles. The first-order valence-corrected chi connectivity index (χ1v) is 9.24. The van der Waals surface area contributed by atoms with Gasteiger partial charge in [-0.15, -0.1) is 0 Å². The van der Waals surface area contributed by atoms with Gasteiger partial charge in [-0.25, -0.2) is 9.48 Å². The highest BCUT2D eigenvalue weighted by molar-refractivity contribution is 6.33. The van der Waals surface area contributed by atoms with E-state index in [4.69, 9.17) is 16.3 Å². The van der Waals surface area contributed by atoms with E-state index in [1.165, 1.54) is 24.3 Å². The molecule has 1 N–H and O–H groups in total. The summed E-state index contributed by atoms with van der Waals surface area (Å²) in [6, 6.07) is 15.0. The molecule has 0 aliphatic carbocycles. The Morgan fingerprint density at radius 3 is 2.58 bits per heavy atom. The molecule has 3 aromatic rings. The SMILES string of the molecule is O=C(COC(=O)c1ccc(=O)n(Cc2ccccc2)n1)Nc1cc([N+](=O)[O-])ccc1Cl. The van der Waals surface area contributed by atoms with E-state index in [2.05, 4.69) is 10.4 Å². The smallest absolute Gasteiger partial charge is 0.359 e. The lowest BCUT2D eigenvalue weighted by Crippen LogP contribution is -2.26. The van der Waals surface area contributed by atoms with Crippen molar-refractivity contribution in [1.82, 2.24) is 9.78 Å². The minimum absolute atomic E-state index is 0.00597. The lowest BCUT2D eigenvalue weighted by atomic mass is 10.2. The van der Waals surface area contributed by atoms with Crippen molar-refractivity contribution in [1.29, 1.82) is 0 Å². The molecule has 0 spiro atoms. The highest BCUT2D eigenvalue weighted by Crippen LogP contribution is 2.26. The van der Waals surface area contributed by atoms with Gasteiger partial charge in [-0.3, -0.25) is 19.7 Å². The van der Waals surface area contributed by atoms with Crippen LogP contribution in [0.1, 0.15) is 16.1 Å². The maximum absolute atomic E-state index is 12.2. The van der Waals surface area contributed by atoms with E-state index in [1.54, 1.807) is 0 Å². The molecule has 0 atom stereocenters. The molecular weight excluding hydrogens is 428 g/mol. The van der Waals surface area contributed by atoms with Gasteiger partial charge in [-0.2, -0.15) is 5.10 Å². The molecule has 1 heterocycles. The van der Waals surface area contributed by atoms with Crippen molar-refractivity contribution in [3.8, 4) is 0 Å². The molecule has 0 saturated carbocycles. The number of hydrogen-bond donors (Lipinski definition) is 1. The van der Waals surface area contributed by atoms with Crippen LogP contribution in [0.15, 0.2) is 65.5 Å². The third-order valence-electron chi connectivity index (χ3n) is 4.02. The summed E-state index contributed by atoms with van der Waals surface area (Å²) in [5.74, 6) is -1.67. The summed E-state index contributed by atoms with van der Waals surface area (Å²) in [6.45, 7) is -0.524. The predicted octanol–water partition coefficient (Wildman–Crippen LogP) is 2.65. The van der Waals surface area contributed by atoms with Crippen LogP contribution >= 0.6 is 11.6 Å². The summed E-state index contributed by atoms with van der Waals surface area (Å²) >= 11 is 5.91. The number of benzene rings is 2. The second kappa shape index (κ2) is 9.63. The zero-order chi connectivity index (χ0) is 22.4. The van der Waals surface area contributed by atoms with E-state index in [1.807, 2.05) is 30.3 Å². The molecule has 1 aromatic heterocycles. The van der Waals surface area contributed by atoms with Gasteiger partial charge in [0.2, 0.25) is 0 Å². The van der Waals surface area contributed by atoms with E-state index >= 15 is 0 Å². The number of rotatable bonds is 7. The summed E-state index contributed by atoms with van der Waals surface area (Å²) in [6.07, 6.45) is 0. The predicted molar refractivity (Wildman–Crippen MR) is 111 cm³/mol. The van der Waals surface area contributed by atoms with Crippen LogP contribution in [0.25, 0.3) is 0 Å². The largest absolute Gasteiger partial charge is 0.451 e. The molecule has 0 aliphatic rings. The van der Waals surface area contributed by atoms with Crippen LogP contribution in [-0.2, 0) is 16.1 Å². The highest BCUT2D eigenvalue weighted by Gasteiger charge is 2.16. The first-order chi connectivity index (χ1) is 14.8. The van der Waals surface area contributed by atoms with Crippen LogP contribution in [0.5, 0.6) is 0 Å². The van der Waals surface area contributed by atoms with Crippen LogP contribution in [0.3, 0.4) is 0 Å². The van der Waals surface area contributed by atoms with Gasteiger partial charge in [0.25, 0.3) is 17.2 Å². The van der Waals surface area contributed by atoms with E-state index in [-0.39, 0.29) is 28.6 Å². The number of halogens is 1. The van der Waals surface area contributed by atoms with E-state index in [0.29, 0.717) is 0 Å². The Bertz CT molecular complexity index is 1200. The van der Waals surface area contributed by atoms with Crippen LogP contribution in [0, 0.1) is 10.1 Å². The highest BCUT2D eigenvalue weighted by atomic mass is 35.5. The molecule has 158 valence electrons. The van der Waals surface area contributed by atoms with E-state index in [9.17, 15) is 24.5 Å². The maximum atomic E-state index is 12.2. The Labute approximate surface area is 180 Å². The number of nitrogens with one attached hydrogen (secondary N) is 1. The van der Waals surface area contributed by atoms with Crippen molar-refractivity contribution in [3.05, 3.63) is 97.4 Å². The molecule has 0 fully saturated rings. The second-order valence-electron chi connectivity index (χ2n) is 6.25. The number of ether oxygens (including phenoxy) is 1. The Morgan fingerprint density at radius 2 is 1.87 bits per heavy atom. The Kier molecular flexibility index (Phi) is 6.73. The summed E-state index contributed by atoms with van der Waals surface area (Å²) in [5, 5.41) is 17.2. The van der Waals surface area contributed by atoms with Gasteiger partial charge in [0, 0.05) is 18.2 Å². The molecule has 0 saturated heterocycles. The number of nitro benzene ring substituents is 1. The van der Waals surface area contributed by atoms with E-state index < -0.39 is 29.0 Å². The molecule has 31 heavy (non-hydrogen) atoms. The molecule has 0 bridgehead atoms. The van der Waals surface area contributed by atoms with Crippen molar-refractivity contribution in [2.45, 2.75) is 6.54 Å². The van der Waals surface area contributed by atoms with Crippen LogP contribution in [0.4, 0.5) is 11.4 Å². The van der Waals surface area contributed by atoms with Crippen LogP contribution in [-0.4, -0.2) is 33.2 Å². The molecule has 3 rings (SSSR count). The van der Waals surface area contributed by atoms with Gasteiger partial charge in [-0.1, -0.05) is 41.9 Å². The minimum Gasteiger partial charge on any atom is -0.451 e. The molecule has 11 heteroatoms. The topological polar surface area (TPSA) is 133 Å². The number of amides is 1. The Hall–Kier alpha value is -4.05. The minimum atomic E-state index is -0.915. The van der Waals surface area contributed by atoms with Crippen molar-refractivity contribution < 1.29 is 19.2 Å². The van der Waals surface area contributed by atoms with Gasteiger partial charge < -0.3 is 10.1 Å². The number of aromatic nitrogens is 2. The first kappa shape index (κ1) is 21.7. The van der Waals surface area contributed by atoms with Gasteiger partial charge in [0.1, 0.15) is 0 Å². The summed E-state index contributed by atoms with van der Waals surface area (Å²) < 4.78 is 6.02. The zero-order valence-electron chi connectivity index (χ0n) is 15.9. The van der Waals surface area contributed by atoms with Crippen molar-refractivity contribution in [3.63, 3.8) is 0 Å². The fourth-order valence-electron chi connectivity index (χ4n) is 2.54. The molecular formula is C20H15ClN4O6. The summed E-state index contributed by atoms with van der Waals surface area (Å²) in [4.78, 5) is 46.5. The van der Waals surface area contributed by atoms with Gasteiger partial charge >= 0.3 is 5.97 Å². The van der Waals surface area contributed by atoms with Gasteiger partial charge in [-0.05, 0) is 17.7 Å². The summed E-state index contributed by atoms with van der Waals surface area (Å²) in [5.41, 5.74) is -0.000908. The number of non-ortho nitro benzene ring substituents is 1. The normalized spacial score (nSPS) is 10.4. The van der Waals surface area contributed by atoms with Gasteiger partial charge in [0.05, 0.1) is 22.2 Å². The van der Waals surface area contributed by atoms with Crippen molar-refractivity contribution in [2.24, 2.45) is 0 Å². The van der Waals surface area contributed by atoms with Crippen LogP contribution < -0.4 is 10.9 Å². The van der Waals surface area contributed by atoms with Crippen LogP contribution in [0.2, 0.25) is 5.02 Å². The Balaban J connectivity index is 1.64. The molecule has 0 radical (unpaired) electrons. The van der Waals surface area contributed by atoms with Gasteiger partial charge in [0.15, 0.2) is 12.3 Å². The molecule has 1 amide bonds. The number of nitrogens with zero attached hydrogens (tertiary/aromatic N) is 3. The maximum Gasteiger partial charge on any atom is 0.359 e. The Morgan fingerprint density at radius 1 is 1.13 bits per heavy atom. The average molecular weight is 443 g/mol. The molecule has 0 aliphatic heterocycles. The summed E-state index contributed by atoms with van der Waals surface area (Å²) in [7, 11) is 0. The number of carbonyl (C=O) groups excluding carboxylic acids is 2. The number of nitro groups is 1. The fourth-order valence-corrected chi connectivity index (χ4v) is 2.71. The fraction of sp³-hybridized carbons (Fsp3) is 0.100.